The van der Waals surface area contributed by atoms with Crippen LogP contribution < -0.4 is 14.8 Å². The number of rotatable bonds is 3. The van der Waals surface area contributed by atoms with Crippen LogP contribution >= 0.6 is 0 Å². The highest BCUT2D eigenvalue weighted by Crippen LogP contribution is 2.39. The van der Waals surface area contributed by atoms with Crippen LogP contribution in [0.1, 0.15) is 36.0 Å². The van der Waals surface area contributed by atoms with E-state index in [2.05, 4.69) is 5.32 Å². The van der Waals surface area contributed by atoms with Crippen LogP contribution in [-0.4, -0.2) is 37.7 Å². The molecule has 4 rings (SSSR count). The van der Waals surface area contributed by atoms with Gasteiger partial charge in [-0.25, -0.2) is 0 Å². The zero-order chi connectivity index (χ0) is 15.0. The van der Waals surface area contributed by atoms with E-state index in [4.69, 9.17) is 18.9 Å². The average molecular weight is 305 g/mol. The second-order valence-corrected chi connectivity index (χ2v) is 5.95. The van der Waals surface area contributed by atoms with Crippen molar-refractivity contribution in [1.29, 1.82) is 0 Å². The first-order valence-electron chi connectivity index (χ1n) is 7.74. The minimum absolute atomic E-state index is 0.0731. The largest absolute Gasteiger partial charge is 0.454 e. The predicted molar refractivity (Wildman–Crippen MR) is 76.9 cm³/mol. The van der Waals surface area contributed by atoms with Gasteiger partial charge in [0, 0.05) is 24.9 Å². The second-order valence-electron chi connectivity index (χ2n) is 5.95. The fourth-order valence-electron chi connectivity index (χ4n) is 3.24. The van der Waals surface area contributed by atoms with Crippen LogP contribution in [0.25, 0.3) is 0 Å². The Hall–Kier alpha value is -1.79. The second kappa shape index (κ2) is 5.44. The molecule has 2 fully saturated rings. The van der Waals surface area contributed by atoms with Crippen molar-refractivity contribution >= 4 is 5.91 Å². The summed E-state index contributed by atoms with van der Waals surface area (Å²) in [5.74, 6) is 0.758. The summed E-state index contributed by atoms with van der Waals surface area (Å²) in [7, 11) is 0. The minimum atomic E-state index is -0.381. The van der Waals surface area contributed by atoms with E-state index in [1.165, 1.54) is 0 Å². The molecule has 0 aromatic heterocycles. The quantitative estimate of drug-likeness (QED) is 0.923. The summed E-state index contributed by atoms with van der Waals surface area (Å²) in [6.07, 6.45) is 4.14. The number of carbonyl (C=O) groups excluding carboxylic acids is 1. The number of nitrogens with one attached hydrogen (secondary N) is 1. The zero-order valence-corrected chi connectivity index (χ0v) is 12.3. The summed E-state index contributed by atoms with van der Waals surface area (Å²) in [5.41, 5.74) is 0.554. The number of benzene rings is 1. The van der Waals surface area contributed by atoms with Gasteiger partial charge in [-0.3, -0.25) is 4.79 Å². The molecule has 6 nitrogen and oxygen atoms in total. The van der Waals surface area contributed by atoms with Crippen LogP contribution in [-0.2, 0) is 9.47 Å². The van der Waals surface area contributed by atoms with Crippen LogP contribution in [0, 0.1) is 0 Å². The van der Waals surface area contributed by atoms with Crippen molar-refractivity contribution in [2.24, 2.45) is 0 Å². The Morgan fingerprint density at radius 3 is 2.91 bits per heavy atom. The molecule has 6 heteroatoms. The van der Waals surface area contributed by atoms with E-state index in [1.54, 1.807) is 18.2 Å². The summed E-state index contributed by atoms with van der Waals surface area (Å²) in [6.45, 7) is 1.20. The third-order valence-electron chi connectivity index (χ3n) is 4.40. The van der Waals surface area contributed by atoms with Gasteiger partial charge < -0.3 is 24.3 Å². The lowest BCUT2D eigenvalue weighted by Gasteiger charge is -2.21. The molecule has 1 N–H and O–H groups in total. The van der Waals surface area contributed by atoms with Crippen molar-refractivity contribution < 1.29 is 23.7 Å². The molecule has 1 spiro atoms. The van der Waals surface area contributed by atoms with Crippen molar-refractivity contribution in [3.05, 3.63) is 23.8 Å². The third kappa shape index (κ3) is 2.53. The van der Waals surface area contributed by atoms with E-state index in [-0.39, 0.29) is 24.6 Å². The highest BCUT2D eigenvalue weighted by Gasteiger charge is 2.43. The van der Waals surface area contributed by atoms with Gasteiger partial charge in [0.15, 0.2) is 17.3 Å². The molecular formula is C16H19NO5. The maximum atomic E-state index is 12.2. The van der Waals surface area contributed by atoms with Gasteiger partial charge in [-0.1, -0.05) is 0 Å². The van der Waals surface area contributed by atoms with Gasteiger partial charge >= 0.3 is 0 Å². The van der Waals surface area contributed by atoms with E-state index in [1.807, 2.05) is 0 Å². The van der Waals surface area contributed by atoms with Gasteiger partial charge in [-0.05, 0) is 31.0 Å². The van der Waals surface area contributed by atoms with Gasteiger partial charge in [-0.2, -0.15) is 0 Å². The van der Waals surface area contributed by atoms with Gasteiger partial charge in [0.05, 0.1) is 6.61 Å². The number of amides is 1. The predicted octanol–water partition coefficient (Wildman–Crippen LogP) is 1.83. The molecule has 1 amide bonds. The number of hydrogen-bond acceptors (Lipinski definition) is 5. The maximum Gasteiger partial charge on any atom is 0.251 e. The van der Waals surface area contributed by atoms with Gasteiger partial charge in [0.2, 0.25) is 6.79 Å². The Balaban J connectivity index is 1.33. The first-order valence-corrected chi connectivity index (χ1v) is 7.74. The number of hydrogen-bond donors (Lipinski definition) is 1. The fraction of sp³-hybridized carbons (Fsp3) is 0.562. The number of ether oxygens (including phenoxy) is 4. The number of carbonyl (C=O) groups is 1. The highest BCUT2D eigenvalue weighted by molar-refractivity contribution is 5.94. The van der Waals surface area contributed by atoms with Gasteiger partial charge in [-0.15, -0.1) is 0 Å². The van der Waals surface area contributed by atoms with Crippen molar-refractivity contribution in [3.63, 3.8) is 0 Å². The van der Waals surface area contributed by atoms with Crippen LogP contribution in [0.3, 0.4) is 0 Å². The molecule has 0 radical (unpaired) electrons. The minimum Gasteiger partial charge on any atom is -0.454 e. The molecule has 1 atom stereocenters. The Bertz CT molecular complexity index is 582. The monoisotopic (exact) mass is 305 g/mol. The Morgan fingerprint density at radius 2 is 2.05 bits per heavy atom. The molecule has 118 valence electrons. The number of fused-ring (bicyclic) bond motifs is 1. The molecule has 1 aromatic carbocycles. The molecule has 2 heterocycles. The molecule has 1 aromatic rings. The Kier molecular flexibility index (Phi) is 3.43. The fourth-order valence-corrected chi connectivity index (χ4v) is 3.24. The molecule has 1 saturated heterocycles. The van der Waals surface area contributed by atoms with E-state index in [9.17, 15) is 4.79 Å². The first-order chi connectivity index (χ1) is 10.7. The van der Waals surface area contributed by atoms with Crippen LogP contribution in [0.15, 0.2) is 18.2 Å². The van der Waals surface area contributed by atoms with Crippen molar-refractivity contribution in [3.8, 4) is 11.5 Å². The van der Waals surface area contributed by atoms with Crippen molar-refractivity contribution in [2.75, 3.05) is 19.9 Å². The lowest BCUT2D eigenvalue weighted by molar-refractivity contribution is -0.161. The average Bonchev–Trinajstić information content (AvgIpc) is 3.26. The first kappa shape index (κ1) is 13.8. The van der Waals surface area contributed by atoms with Gasteiger partial charge in [0.1, 0.15) is 6.10 Å². The lowest BCUT2D eigenvalue weighted by Crippen LogP contribution is -2.35. The lowest BCUT2D eigenvalue weighted by atomic mass is 10.2. The normalized spacial score (nSPS) is 24.8. The smallest absolute Gasteiger partial charge is 0.251 e. The maximum absolute atomic E-state index is 12.2. The summed E-state index contributed by atoms with van der Waals surface area (Å²) < 4.78 is 22.3. The zero-order valence-electron chi connectivity index (χ0n) is 12.3. The third-order valence-corrected chi connectivity index (χ3v) is 4.40. The van der Waals surface area contributed by atoms with Crippen molar-refractivity contribution in [1.82, 2.24) is 5.32 Å². The van der Waals surface area contributed by atoms with E-state index in [0.717, 1.165) is 25.7 Å². The summed E-state index contributed by atoms with van der Waals surface area (Å²) in [6, 6.07) is 5.18. The molecule has 2 aliphatic heterocycles. The molecule has 1 saturated carbocycles. The molecule has 0 unspecified atom stereocenters. The van der Waals surface area contributed by atoms with Gasteiger partial charge in [0.25, 0.3) is 5.91 Å². The van der Waals surface area contributed by atoms with Crippen LogP contribution in [0.4, 0.5) is 0 Å². The molecule has 0 bridgehead atoms. The standard InChI is InChI=1S/C16H19NO5/c18-15(11-3-4-13-14(7-11)20-10-19-13)17-8-12-9-21-16(22-12)5-1-2-6-16/h3-4,7,12H,1-2,5-6,8-10H2,(H,17,18)/t12-/m0/s1. The molecule has 22 heavy (non-hydrogen) atoms. The summed E-state index contributed by atoms with van der Waals surface area (Å²) >= 11 is 0. The van der Waals surface area contributed by atoms with E-state index in [0.29, 0.717) is 30.2 Å². The summed E-state index contributed by atoms with van der Waals surface area (Å²) in [4.78, 5) is 12.2. The molecule has 1 aliphatic carbocycles. The van der Waals surface area contributed by atoms with E-state index < -0.39 is 0 Å². The topological polar surface area (TPSA) is 66.0 Å². The van der Waals surface area contributed by atoms with Crippen LogP contribution in [0.5, 0.6) is 11.5 Å². The summed E-state index contributed by atoms with van der Waals surface area (Å²) in [5, 5.41) is 2.90. The Labute approximate surface area is 128 Å². The molecular weight excluding hydrogens is 286 g/mol. The Morgan fingerprint density at radius 1 is 1.23 bits per heavy atom. The van der Waals surface area contributed by atoms with Crippen LogP contribution in [0.2, 0.25) is 0 Å². The molecule has 3 aliphatic rings. The van der Waals surface area contributed by atoms with Crippen molar-refractivity contribution in [2.45, 2.75) is 37.6 Å². The van der Waals surface area contributed by atoms with E-state index >= 15 is 0 Å². The highest BCUT2D eigenvalue weighted by atomic mass is 16.7. The SMILES string of the molecule is O=C(NC[C@H]1COC2(CCCC2)O1)c1ccc2c(c1)OCO2.